The number of fused-ring (bicyclic) bond motifs is 1. The van der Waals surface area contributed by atoms with Gasteiger partial charge in [-0.2, -0.15) is 0 Å². The fraction of sp³-hybridized carbons (Fsp3) is 0.286. The van der Waals surface area contributed by atoms with Crippen LogP contribution in [0.25, 0.3) is 10.2 Å². The Morgan fingerprint density at radius 1 is 1.25 bits per heavy atom. The molecule has 5 nitrogen and oxygen atoms in total. The molecule has 0 aliphatic carbocycles. The zero-order valence-electron chi connectivity index (χ0n) is 15.5. The number of hydrogen-bond acceptors (Lipinski definition) is 5. The Labute approximate surface area is 172 Å². The fourth-order valence-electron chi connectivity index (χ4n) is 3.30. The van der Waals surface area contributed by atoms with Gasteiger partial charge in [-0.3, -0.25) is 9.69 Å². The molecule has 1 fully saturated rings. The topological polar surface area (TPSA) is 62.3 Å². The van der Waals surface area contributed by atoms with E-state index in [1.807, 2.05) is 55.5 Å². The maximum Gasteiger partial charge on any atom is 0.324 e. The number of aromatic nitrogens is 1. The summed E-state index contributed by atoms with van der Waals surface area (Å²) in [6, 6.07) is 17.4. The number of amides is 3. The van der Waals surface area contributed by atoms with Gasteiger partial charge in [0.05, 0.1) is 22.3 Å². The number of carbonyl (C=O) groups is 2. The van der Waals surface area contributed by atoms with Gasteiger partial charge in [-0.1, -0.05) is 61.2 Å². The van der Waals surface area contributed by atoms with E-state index in [0.29, 0.717) is 12.2 Å². The van der Waals surface area contributed by atoms with E-state index in [0.717, 1.165) is 26.5 Å². The zero-order chi connectivity index (χ0) is 19.5. The van der Waals surface area contributed by atoms with Crippen LogP contribution in [0.4, 0.5) is 4.79 Å². The van der Waals surface area contributed by atoms with Gasteiger partial charge in [0.25, 0.3) is 0 Å². The largest absolute Gasteiger partial charge is 0.331 e. The lowest BCUT2D eigenvalue weighted by Crippen LogP contribution is -2.60. The van der Waals surface area contributed by atoms with Crippen molar-refractivity contribution in [3.8, 4) is 0 Å². The molecule has 2 heterocycles. The monoisotopic (exact) mass is 411 g/mol. The number of hydrogen-bond donors (Lipinski definition) is 1. The summed E-state index contributed by atoms with van der Waals surface area (Å²) in [6.07, 6.45) is 1.18. The van der Waals surface area contributed by atoms with Gasteiger partial charge >= 0.3 is 6.03 Å². The van der Waals surface area contributed by atoms with E-state index in [-0.39, 0.29) is 24.0 Å². The van der Waals surface area contributed by atoms with Crippen molar-refractivity contribution in [1.29, 1.82) is 0 Å². The zero-order valence-corrected chi connectivity index (χ0v) is 17.1. The minimum absolute atomic E-state index is 0.0854. The van der Waals surface area contributed by atoms with Crippen molar-refractivity contribution in [1.82, 2.24) is 15.2 Å². The summed E-state index contributed by atoms with van der Waals surface area (Å²) in [5, 5.41) is 3.01. The van der Waals surface area contributed by atoms with Gasteiger partial charge in [-0.05, 0) is 24.1 Å². The van der Waals surface area contributed by atoms with Crippen LogP contribution in [0.15, 0.2) is 58.9 Å². The summed E-state index contributed by atoms with van der Waals surface area (Å²) in [5.74, 6) is 0.552. The van der Waals surface area contributed by atoms with Crippen molar-refractivity contribution in [2.75, 3.05) is 5.75 Å². The number of benzene rings is 2. The van der Waals surface area contributed by atoms with E-state index in [2.05, 4.69) is 16.4 Å². The minimum atomic E-state index is -0.304. The molecule has 28 heavy (non-hydrogen) atoms. The first-order chi connectivity index (χ1) is 13.7. The van der Waals surface area contributed by atoms with Crippen molar-refractivity contribution >= 4 is 45.3 Å². The SMILES string of the molecule is CC[C@@H](NC(=O)N1C(=O)CC1CSc1nc2ccccc2s1)c1ccccc1. The third-order valence-corrected chi connectivity index (χ3v) is 7.17. The van der Waals surface area contributed by atoms with Crippen LogP contribution in [0, 0.1) is 0 Å². The smallest absolute Gasteiger partial charge is 0.324 e. The number of imide groups is 1. The molecule has 0 spiro atoms. The van der Waals surface area contributed by atoms with Crippen molar-refractivity contribution in [2.45, 2.75) is 36.2 Å². The summed E-state index contributed by atoms with van der Waals surface area (Å²) in [6.45, 7) is 2.02. The Kier molecular flexibility index (Phi) is 5.64. The molecule has 1 aromatic heterocycles. The first kappa shape index (κ1) is 19.0. The van der Waals surface area contributed by atoms with E-state index in [1.165, 1.54) is 4.90 Å². The number of urea groups is 1. The average Bonchev–Trinajstić information content (AvgIpc) is 3.12. The Bertz CT molecular complexity index is 956. The number of thioether (sulfide) groups is 1. The van der Waals surface area contributed by atoms with E-state index in [1.54, 1.807) is 23.1 Å². The maximum atomic E-state index is 12.7. The lowest BCUT2D eigenvalue weighted by Gasteiger charge is -2.39. The minimum Gasteiger partial charge on any atom is -0.331 e. The van der Waals surface area contributed by atoms with Gasteiger partial charge in [-0.25, -0.2) is 9.78 Å². The molecule has 7 heteroatoms. The molecule has 144 valence electrons. The molecule has 1 aliphatic rings. The second-order valence-corrected chi connectivity index (χ2v) is 9.00. The Balaban J connectivity index is 1.38. The molecule has 3 amide bonds. The first-order valence-electron chi connectivity index (χ1n) is 9.31. The third kappa shape index (κ3) is 3.91. The predicted molar refractivity (Wildman–Crippen MR) is 114 cm³/mol. The average molecular weight is 412 g/mol. The van der Waals surface area contributed by atoms with Gasteiger partial charge in [0.2, 0.25) is 5.91 Å². The molecule has 1 N–H and O–H groups in total. The lowest BCUT2D eigenvalue weighted by molar-refractivity contribution is -0.139. The van der Waals surface area contributed by atoms with Crippen molar-refractivity contribution in [3.05, 3.63) is 60.2 Å². The Hall–Kier alpha value is -2.38. The summed E-state index contributed by atoms with van der Waals surface area (Å²) in [7, 11) is 0. The predicted octanol–water partition coefficient (Wildman–Crippen LogP) is 4.85. The molecule has 0 bridgehead atoms. The molecule has 1 saturated heterocycles. The van der Waals surface area contributed by atoms with E-state index in [9.17, 15) is 9.59 Å². The number of nitrogens with one attached hydrogen (secondary N) is 1. The Morgan fingerprint density at radius 3 is 2.71 bits per heavy atom. The van der Waals surface area contributed by atoms with Crippen LogP contribution in [0.2, 0.25) is 0 Å². The summed E-state index contributed by atoms with van der Waals surface area (Å²) < 4.78 is 2.12. The molecule has 1 unspecified atom stereocenters. The van der Waals surface area contributed by atoms with Crippen LogP contribution in [0.3, 0.4) is 0 Å². The summed E-state index contributed by atoms with van der Waals surface area (Å²) in [5.41, 5.74) is 2.04. The summed E-state index contributed by atoms with van der Waals surface area (Å²) in [4.78, 5) is 30.8. The second kappa shape index (κ2) is 8.32. The van der Waals surface area contributed by atoms with E-state index in [4.69, 9.17) is 0 Å². The highest BCUT2D eigenvalue weighted by atomic mass is 32.2. The second-order valence-electron chi connectivity index (χ2n) is 6.70. The van der Waals surface area contributed by atoms with Gasteiger partial charge in [0, 0.05) is 12.2 Å². The molecular formula is C21H21N3O2S2. The number of β-lactam (4-membered cyclic amide) rings is 1. The van der Waals surface area contributed by atoms with Crippen molar-refractivity contribution < 1.29 is 9.59 Å². The quantitative estimate of drug-likeness (QED) is 0.465. The van der Waals surface area contributed by atoms with E-state index >= 15 is 0 Å². The highest BCUT2D eigenvalue weighted by Crippen LogP contribution is 2.33. The number of thiazole rings is 1. The number of carbonyl (C=O) groups excluding carboxylic acids is 2. The van der Waals surface area contributed by atoms with Crippen LogP contribution in [0.5, 0.6) is 0 Å². The molecule has 2 atom stereocenters. The first-order valence-corrected chi connectivity index (χ1v) is 11.1. The highest BCUT2D eigenvalue weighted by molar-refractivity contribution is 8.01. The number of likely N-dealkylation sites (tertiary alicyclic amines) is 1. The Morgan fingerprint density at radius 2 is 2.00 bits per heavy atom. The van der Waals surface area contributed by atoms with E-state index < -0.39 is 0 Å². The molecule has 4 rings (SSSR count). The molecular weight excluding hydrogens is 390 g/mol. The van der Waals surface area contributed by atoms with Crippen molar-refractivity contribution in [2.24, 2.45) is 0 Å². The maximum absolute atomic E-state index is 12.7. The highest BCUT2D eigenvalue weighted by Gasteiger charge is 2.41. The molecule has 2 aromatic carbocycles. The molecule has 3 aromatic rings. The molecule has 0 radical (unpaired) electrons. The van der Waals surface area contributed by atoms with Gasteiger partial charge < -0.3 is 5.32 Å². The van der Waals surface area contributed by atoms with Crippen LogP contribution < -0.4 is 5.32 Å². The van der Waals surface area contributed by atoms with Crippen molar-refractivity contribution in [3.63, 3.8) is 0 Å². The van der Waals surface area contributed by atoms with Gasteiger partial charge in [0.1, 0.15) is 0 Å². The number of nitrogens with zero attached hydrogens (tertiary/aromatic N) is 2. The van der Waals surface area contributed by atoms with Crippen LogP contribution in [-0.4, -0.2) is 33.6 Å². The van der Waals surface area contributed by atoms with Crippen LogP contribution in [-0.2, 0) is 4.79 Å². The standard InChI is InChI=1S/C21H21N3O2S2/c1-2-16(14-8-4-3-5-9-14)22-20(26)24-15(12-19(24)25)13-27-21-23-17-10-6-7-11-18(17)28-21/h3-11,15-16H,2,12-13H2,1H3,(H,22,26)/t15?,16-/m1/s1. The normalized spacial score (nSPS) is 17.4. The number of para-hydroxylation sites is 1. The van der Waals surface area contributed by atoms with Gasteiger partial charge in [-0.15, -0.1) is 11.3 Å². The van der Waals surface area contributed by atoms with Gasteiger partial charge in [0.15, 0.2) is 4.34 Å². The number of rotatable bonds is 6. The third-order valence-electron chi connectivity index (χ3n) is 4.84. The molecule has 1 aliphatic heterocycles. The van der Waals surface area contributed by atoms with Crippen LogP contribution in [0.1, 0.15) is 31.4 Å². The van der Waals surface area contributed by atoms with Crippen LogP contribution >= 0.6 is 23.1 Å². The lowest BCUT2D eigenvalue weighted by atomic mass is 10.0. The summed E-state index contributed by atoms with van der Waals surface area (Å²) >= 11 is 3.25. The fourth-order valence-corrected chi connectivity index (χ4v) is 5.47. The molecule has 0 saturated carbocycles.